The van der Waals surface area contributed by atoms with E-state index in [1.165, 1.54) is 13.3 Å². The van der Waals surface area contributed by atoms with Gasteiger partial charge in [0.05, 0.1) is 26.9 Å². The van der Waals surface area contributed by atoms with Gasteiger partial charge in [0.15, 0.2) is 6.10 Å². The number of ether oxygens (including phenoxy) is 3. The minimum absolute atomic E-state index is 0.101. The standard InChI is InChI=1S/C26H29NO6/c1-3-26(23(28)25(29)30,33-17-20-12-8-5-9-13-20)22-14-15-27-24(31-2)21(22)18-32-16-19-10-6-4-7-11-19/h4-15,23,28H,3,16-18H2,1-2H3,(H,29,30)/t23-,26+/m1/s1. The number of rotatable bonds is 12. The Bertz CT molecular complexity index is 1030. The molecule has 2 aromatic carbocycles. The maximum absolute atomic E-state index is 11.9. The number of pyridine rings is 1. The summed E-state index contributed by atoms with van der Waals surface area (Å²) < 4.78 is 17.6. The summed E-state index contributed by atoms with van der Waals surface area (Å²) in [6, 6.07) is 20.7. The number of carbonyl (C=O) groups is 1. The number of carboxylic acid groups (broad SMARTS) is 1. The molecule has 0 saturated heterocycles. The minimum atomic E-state index is -1.81. The molecule has 2 atom stereocenters. The van der Waals surface area contributed by atoms with Crippen molar-refractivity contribution in [1.29, 1.82) is 0 Å². The maximum atomic E-state index is 11.9. The minimum Gasteiger partial charge on any atom is -0.481 e. The smallest absolute Gasteiger partial charge is 0.335 e. The van der Waals surface area contributed by atoms with Crippen molar-refractivity contribution in [3.05, 3.63) is 95.2 Å². The first kappa shape index (κ1) is 24.4. The maximum Gasteiger partial charge on any atom is 0.335 e. The second-order valence-electron chi connectivity index (χ2n) is 7.58. The Morgan fingerprint density at radius 2 is 1.58 bits per heavy atom. The molecule has 33 heavy (non-hydrogen) atoms. The molecule has 3 aromatic rings. The number of hydrogen-bond acceptors (Lipinski definition) is 6. The highest BCUT2D eigenvalue weighted by atomic mass is 16.5. The summed E-state index contributed by atoms with van der Waals surface area (Å²) in [4.78, 5) is 16.2. The Morgan fingerprint density at radius 3 is 2.12 bits per heavy atom. The van der Waals surface area contributed by atoms with Gasteiger partial charge >= 0.3 is 5.97 Å². The summed E-state index contributed by atoms with van der Waals surface area (Å²) in [5, 5.41) is 20.6. The number of aromatic nitrogens is 1. The first-order chi connectivity index (χ1) is 16.0. The molecule has 1 heterocycles. The molecule has 7 heteroatoms. The lowest BCUT2D eigenvalue weighted by molar-refractivity contribution is -0.179. The van der Waals surface area contributed by atoms with Crippen LogP contribution in [0, 0.1) is 0 Å². The molecule has 0 unspecified atom stereocenters. The van der Waals surface area contributed by atoms with E-state index in [0.29, 0.717) is 23.6 Å². The van der Waals surface area contributed by atoms with Crippen molar-refractivity contribution in [3.63, 3.8) is 0 Å². The van der Waals surface area contributed by atoms with Crippen LogP contribution >= 0.6 is 0 Å². The van der Waals surface area contributed by atoms with Gasteiger partial charge in [-0.2, -0.15) is 0 Å². The second-order valence-corrected chi connectivity index (χ2v) is 7.58. The van der Waals surface area contributed by atoms with Gasteiger partial charge in [0.1, 0.15) is 5.60 Å². The normalized spacial score (nSPS) is 13.8. The lowest BCUT2D eigenvalue weighted by atomic mass is 9.83. The molecule has 0 fully saturated rings. The zero-order valence-corrected chi connectivity index (χ0v) is 18.8. The van der Waals surface area contributed by atoms with Crippen LogP contribution < -0.4 is 4.74 Å². The summed E-state index contributed by atoms with van der Waals surface area (Å²) in [7, 11) is 1.49. The molecule has 3 rings (SSSR count). The van der Waals surface area contributed by atoms with Crippen LogP contribution in [0.4, 0.5) is 0 Å². The van der Waals surface area contributed by atoms with E-state index in [-0.39, 0.29) is 19.6 Å². The molecular formula is C26H29NO6. The summed E-state index contributed by atoms with van der Waals surface area (Å²) >= 11 is 0. The van der Waals surface area contributed by atoms with E-state index in [4.69, 9.17) is 14.2 Å². The fourth-order valence-electron chi connectivity index (χ4n) is 3.81. The highest BCUT2D eigenvalue weighted by Gasteiger charge is 2.46. The number of methoxy groups -OCH3 is 1. The summed E-state index contributed by atoms with van der Waals surface area (Å²) in [6.45, 7) is 2.35. The van der Waals surface area contributed by atoms with Crippen LogP contribution in [0.25, 0.3) is 0 Å². The van der Waals surface area contributed by atoms with Crippen LogP contribution in [0.1, 0.15) is 35.6 Å². The Morgan fingerprint density at radius 1 is 0.970 bits per heavy atom. The van der Waals surface area contributed by atoms with E-state index >= 15 is 0 Å². The first-order valence-corrected chi connectivity index (χ1v) is 10.7. The molecule has 0 spiro atoms. The predicted molar refractivity (Wildman–Crippen MR) is 123 cm³/mol. The van der Waals surface area contributed by atoms with Gasteiger partial charge in [-0.05, 0) is 29.2 Å². The predicted octanol–water partition coefficient (Wildman–Crippen LogP) is 4.07. The van der Waals surface area contributed by atoms with E-state index in [1.54, 1.807) is 13.0 Å². The quantitative estimate of drug-likeness (QED) is 0.428. The highest BCUT2D eigenvalue weighted by molar-refractivity contribution is 5.74. The molecule has 0 saturated carbocycles. The van der Waals surface area contributed by atoms with Gasteiger partial charge < -0.3 is 24.4 Å². The molecule has 0 aliphatic carbocycles. The third-order valence-corrected chi connectivity index (χ3v) is 5.56. The molecule has 0 bridgehead atoms. The van der Waals surface area contributed by atoms with Crippen molar-refractivity contribution in [2.75, 3.05) is 7.11 Å². The van der Waals surface area contributed by atoms with E-state index in [0.717, 1.165) is 11.1 Å². The molecule has 174 valence electrons. The monoisotopic (exact) mass is 451 g/mol. The molecule has 2 N–H and O–H groups in total. The van der Waals surface area contributed by atoms with Crippen molar-refractivity contribution in [2.24, 2.45) is 0 Å². The number of nitrogens with zero attached hydrogens (tertiary/aromatic N) is 1. The largest absolute Gasteiger partial charge is 0.481 e. The van der Waals surface area contributed by atoms with E-state index in [1.807, 2.05) is 60.7 Å². The summed E-state index contributed by atoms with van der Waals surface area (Å²) in [6.07, 6.45) is -0.0996. The van der Waals surface area contributed by atoms with Crippen LogP contribution in [0.5, 0.6) is 5.88 Å². The highest BCUT2D eigenvalue weighted by Crippen LogP contribution is 2.39. The third-order valence-electron chi connectivity index (χ3n) is 5.56. The van der Waals surface area contributed by atoms with E-state index in [2.05, 4.69) is 4.98 Å². The van der Waals surface area contributed by atoms with Crippen molar-refractivity contribution in [2.45, 2.75) is 44.9 Å². The first-order valence-electron chi connectivity index (χ1n) is 10.7. The lowest BCUT2D eigenvalue weighted by Gasteiger charge is -2.37. The molecule has 0 amide bonds. The number of aliphatic hydroxyl groups is 1. The summed E-state index contributed by atoms with van der Waals surface area (Å²) in [5.74, 6) is -1.09. The van der Waals surface area contributed by atoms with E-state index < -0.39 is 17.7 Å². The van der Waals surface area contributed by atoms with Crippen LogP contribution in [-0.4, -0.2) is 34.4 Å². The van der Waals surface area contributed by atoms with Crippen LogP contribution in [0.3, 0.4) is 0 Å². The van der Waals surface area contributed by atoms with Crippen LogP contribution in [0.2, 0.25) is 0 Å². The van der Waals surface area contributed by atoms with Crippen LogP contribution in [-0.2, 0) is 39.7 Å². The third kappa shape index (κ3) is 5.76. The molecule has 1 aromatic heterocycles. The van der Waals surface area contributed by atoms with Crippen molar-refractivity contribution in [3.8, 4) is 5.88 Å². The van der Waals surface area contributed by atoms with Crippen LogP contribution in [0.15, 0.2) is 72.9 Å². The molecular weight excluding hydrogens is 422 g/mol. The Hall–Kier alpha value is -3.26. The second kappa shape index (κ2) is 11.6. The van der Waals surface area contributed by atoms with Gasteiger partial charge in [0, 0.05) is 11.8 Å². The molecule has 7 nitrogen and oxygen atoms in total. The SMILES string of the molecule is CC[C@](OCc1ccccc1)(c1ccnc(OC)c1COCc1ccccc1)[C@H](O)C(=O)O. The Balaban J connectivity index is 1.98. The summed E-state index contributed by atoms with van der Waals surface area (Å²) in [5.41, 5.74) is 1.32. The fourth-order valence-corrected chi connectivity index (χ4v) is 3.81. The molecule has 0 aliphatic heterocycles. The van der Waals surface area contributed by atoms with Crippen molar-refractivity contribution < 1.29 is 29.2 Å². The van der Waals surface area contributed by atoms with Gasteiger partial charge in [0.2, 0.25) is 5.88 Å². The molecule has 0 radical (unpaired) electrons. The number of hydrogen-bond donors (Lipinski definition) is 2. The van der Waals surface area contributed by atoms with E-state index in [9.17, 15) is 15.0 Å². The van der Waals surface area contributed by atoms with Crippen molar-refractivity contribution in [1.82, 2.24) is 4.98 Å². The average Bonchev–Trinajstić information content (AvgIpc) is 2.86. The zero-order chi connectivity index (χ0) is 23.7. The Labute approximate surface area is 193 Å². The van der Waals surface area contributed by atoms with Gasteiger partial charge in [-0.25, -0.2) is 9.78 Å². The fraction of sp³-hybridized carbons (Fsp3) is 0.308. The van der Waals surface area contributed by atoms with Gasteiger partial charge in [-0.15, -0.1) is 0 Å². The Kier molecular flexibility index (Phi) is 8.54. The van der Waals surface area contributed by atoms with Gasteiger partial charge in [-0.1, -0.05) is 67.6 Å². The average molecular weight is 452 g/mol. The van der Waals surface area contributed by atoms with Gasteiger partial charge in [-0.3, -0.25) is 0 Å². The lowest BCUT2D eigenvalue weighted by Crippen LogP contribution is -2.47. The zero-order valence-electron chi connectivity index (χ0n) is 18.8. The number of carboxylic acids is 1. The number of aliphatic carboxylic acids is 1. The number of benzene rings is 2. The number of aliphatic hydroxyl groups excluding tert-OH is 1. The topological polar surface area (TPSA) is 98.1 Å². The van der Waals surface area contributed by atoms with Crippen molar-refractivity contribution >= 4 is 5.97 Å². The molecule has 0 aliphatic rings. The van der Waals surface area contributed by atoms with Gasteiger partial charge in [0.25, 0.3) is 0 Å².